The van der Waals surface area contributed by atoms with Gasteiger partial charge in [-0.15, -0.1) is 0 Å². The van der Waals surface area contributed by atoms with Gasteiger partial charge in [0, 0.05) is 13.1 Å². The normalized spacial score (nSPS) is 26.0. The third kappa shape index (κ3) is 4.07. The molecule has 2 rings (SSSR count). The van der Waals surface area contributed by atoms with Crippen LogP contribution in [-0.4, -0.2) is 29.1 Å². The minimum absolute atomic E-state index is 0.519. The van der Waals surface area contributed by atoms with Crippen molar-refractivity contribution in [2.24, 2.45) is 11.3 Å². The molecule has 1 fully saturated rings. The summed E-state index contributed by atoms with van der Waals surface area (Å²) in [7, 11) is 0. The lowest BCUT2D eigenvalue weighted by molar-refractivity contribution is -0.153. The molecule has 0 aliphatic heterocycles. The Morgan fingerprint density at radius 3 is 2.67 bits per heavy atom. The van der Waals surface area contributed by atoms with Crippen molar-refractivity contribution in [3.05, 3.63) is 35.9 Å². The Hall–Kier alpha value is -1.35. The van der Waals surface area contributed by atoms with Gasteiger partial charge < -0.3 is 5.11 Å². The van der Waals surface area contributed by atoms with Crippen LogP contribution in [0.3, 0.4) is 0 Å². The average molecular weight is 289 g/mol. The van der Waals surface area contributed by atoms with Crippen LogP contribution in [0, 0.1) is 11.3 Å². The summed E-state index contributed by atoms with van der Waals surface area (Å²) in [6, 6.07) is 10.3. The van der Waals surface area contributed by atoms with Crippen LogP contribution in [0.15, 0.2) is 30.3 Å². The van der Waals surface area contributed by atoms with Crippen LogP contribution in [0.5, 0.6) is 0 Å². The van der Waals surface area contributed by atoms with E-state index in [-0.39, 0.29) is 0 Å². The molecule has 1 N–H and O–H groups in total. The van der Waals surface area contributed by atoms with Gasteiger partial charge in [0.2, 0.25) is 0 Å². The Balaban J connectivity index is 2.09. The average Bonchev–Trinajstić information content (AvgIpc) is 2.47. The van der Waals surface area contributed by atoms with Crippen LogP contribution in [0.2, 0.25) is 0 Å². The van der Waals surface area contributed by atoms with E-state index >= 15 is 0 Å². The fourth-order valence-corrected chi connectivity index (χ4v) is 3.61. The summed E-state index contributed by atoms with van der Waals surface area (Å²) in [6.07, 6.45) is 3.84. The first-order chi connectivity index (χ1) is 10.1. The SMILES string of the molecule is CCN(Cc1ccccc1)CC1(C(=O)O)CCCC(C)C1. The van der Waals surface area contributed by atoms with E-state index < -0.39 is 11.4 Å². The molecule has 3 heteroatoms. The number of carboxylic acids is 1. The van der Waals surface area contributed by atoms with E-state index in [0.717, 1.165) is 32.4 Å². The van der Waals surface area contributed by atoms with Crippen LogP contribution in [0.1, 0.15) is 45.1 Å². The van der Waals surface area contributed by atoms with Crippen LogP contribution in [-0.2, 0) is 11.3 Å². The summed E-state index contributed by atoms with van der Waals surface area (Å²) >= 11 is 0. The summed E-state index contributed by atoms with van der Waals surface area (Å²) < 4.78 is 0. The highest BCUT2D eigenvalue weighted by Gasteiger charge is 2.42. The molecule has 3 nitrogen and oxygen atoms in total. The second-order valence-electron chi connectivity index (χ2n) is 6.58. The summed E-state index contributed by atoms with van der Waals surface area (Å²) in [5, 5.41) is 9.79. The molecule has 0 heterocycles. The van der Waals surface area contributed by atoms with E-state index in [2.05, 4.69) is 30.9 Å². The molecule has 21 heavy (non-hydrogen) atoms. The molecule has 1 aliphatic rings. The maximum absolute atomic E-state index is 11.9. The number of aliphatic carboxylic acids is 1. The van der Waals surface area contributed by atoms with E-state index in [1.54, 1.807) is 0 Å². The minimum Gasteiger partial charge on any atom is -0.481 e. The number of benzene rings is 1. The predicted molar refractivity (Wildman–Crippen MR) is 85.1 cm³/mol. The smallest absolute Gasteiger partial charge is 0.310 e. The second kappa shape index (κ2) is 7.08. The predicted octanol–water partition coefficient (Wildman–Crippen LogP) is 3.79. The molecule has 0 spiro atoms. The Labute approximate surface area is 128 Å². The molecule has 1 saturated carbocycles. The summed E-state index contributed by atoms with van der Waals surface area (Å²) in [5.41, 5.74) is 0.700. The standard InChI is InChI=1S/C18H27NO2/c1-3-19(13-16-9-5-4-6-10-16)14-18(17(20)21)11-7-8-15(2)12-18/h4-6,9-10,15H,3,7-8,11-14H2,1-2H3,(H,20,21). The van der Waals surface area contributed by atoms with Gasteiger partial charge in [0.1, 0.15) is 0 Å². The maximum Gasteiger partial charge on any atom is 0.310 e. The zero-order chi connectivity index (χ0) is 15.3. The molecule has 0 aromatic heterocycles. The molecule has 116 valence electrons. The third-order valence-corrected chi connectivity index (χ3v) is 4.77. The Bertz CT molecular complexity index is 460. The zero-order valence-corrected chi connectivity index (χ0v) is 13.2. The van der Waals surface area contributed by atoms with Crippen molar-refractivity contribution < 1.29 is 9.90 Å². The van der Waals surface area contributed by atoms with Gasteiger partial charge in [0.05, 0.1) is 5.41 Å². The monoisotopic (exact) mass is 289 g/mol. The molecule has 0 radical (unpaired) electrons. The molecule has 0 amide bonds. The van der Waals surface area contributed by atoms with Gasteiger partial charge in [-0.05, 0) is 30.9 Å². The van der Waals surface area contributed by atoms with Crippen molar-refractivity contribution in [1.29, 1.82) is 0 Å². The lowest BCUT2D eigenvalue weighted by atomic mass is 9.69. The summed E-state index contributed by atoms with van der Waals surface area (Å²) in [6.45, 7) is 6.69. The van der Waals surface area contributed by atoms with Crippen molar-refractivity contribution in [1.82, 2.24) is 4.90 Å². The minimum atomic E-state index is -0.611. The molecule has 1 aromatic rings. The topological polar surface area (TPSA) is 40.5 Å². The maximum atomic E-state index is 11.9. The third-order valence-electron chi connectivity index (χ3n) is 4.77. The van der Waals surface area contributed by atoms with Gasteiger partial charge in [0.25, 0.3) is 0 Å². The second-order valence-corrected chi connectivity index (χ2v) is 6.58. The van der Waals surface area contributed by atoms with Gasteiger partial charge in [-0.3, -0.25) is 9.69 Å². The van der Waals surface area contributed by atoms with Gasteiger partial charge >= 0.3 is 5.97 Å². The number of rotatable bonds is 6. The fraction of sp³-hybridized carbons (Fsp3) is 0.611. The van der Waals surface area contributed by atoms with Crippen LogP contribution in [0.25, 0.3) is 0 Å². The first-order valence-electron chi connectivity index (χ1n) is 8.05. The van der Waals surface area contributed by atoms with Gasteiger partial charge in [-0.1, -0.05) is 57.0 Å². The van der Waals surface area contributed by atoms with Gasteiger partial charge in [-0.2, -0.15) is 0 Å². The molecular weight excluding hydrogens is 262 g/mol. The number of carbonyl (C=O) groups is 1. The van der Waals surface area contributed by atoms with Crippen LogP contribution >= 0.6 is 0 Å². The number of hydrogen-bond donors (Lipinski definition) is 1. The molecule has 0 saturated heterocycles. The van der Waals surface area contributed by atoms with E-state index in [9.17, 15) is 9.90 Å². The van der Waals surface area contributed by atoms with Crippen molar-refractivity contribution in [3.63, 3.8) is 0 Å². The summed E-state index contributed by atoms with van der Waals surface area (Å²) in [4.78, 5) is 14.2. The molecule has 1 aromatic carbocycles. The number of hydrogen-bond acceptors (Lipinski definition) is 2. The largest absolute Gasteiger partial charge is 0.481 e. The lowest BCUT2D eigenvalue weighted by Crippen LogP contribution is -2.45. The fourth-order valence-electron chi connectivity index (χ4n) is 3.61. The Kier molecular flexibility index (Phi) is 5.40. The van der Waals surface area contributed by atoms with Crippen molar-refractivity contribution >= 4 is 5.97 Å². The Morgan fingerprint density at radius 1 is 1.38 bits per heavy atom. The van der Waals surface area contributed by atoms with Crippen LogP contribution in [0.4, 0.5) is 0 Å². The molecule has 1 aliphatic carbocycles. The van der Waals surface area contributed by atoms with E-state index in [1.165, 1.54) is 12.0 Å². The van der Waals surface area contributed by atoms with Crippen molar-refractivity contribution in [2.75, 3.05) is 13.1 Å². The molecule has 2 unspecified atom stereocenters. The highest BCUT2D eigenvalue weighted by Crippen LogP contribution is 2.40. The van der Waals surface area contributed by atoms with E-state index in [4.69, 9.17) is 0 Å². The number of carboxylic acid groups (broad SMARTS) is 1. The lowest BCUT2D eigenvalue weighted by Gasteiger charge is -2.40. The first-order valence-corrected chi connectivity index (χ1v) is 8.05. The van der Waals surface area contributed by atoms with Crippen molar-refractivity contribution in [2.45, 2.75) is 46.1 Å². The highest BCUT2D eigenvalue weighted by molar-refractivity contribution is 5.75. The molecule has 2 atom stereocenters. The number of nitrogens with zero attached hydrogens (tertiary/aromatic N) is 1. The molecular formula is C18H27NO2. The first kappa shape index (κ1) is 16.0. The Morgan fingerprint density at radius 2 is 2.10 bits per heavy atom. The van der Waals surface area contributed by atoms with E-state index in [1.807, 2.05) is 18.2 Å². The van der Waals surface area contributed by atoms with Gasteiger partial charge in [0.15, 0.2) is 0 Å². The van der Waals surface area contributed by atoms with E-state index in [0.29, 0.717) is 12.5 Å². The molecule has 0 bridgehead atoms. The van der Waals surface area contributed by atoms with Gasteiger partial charge in [-0.25, -0.2) is 0 Å². The van der Waals surface area contributed by atoms with Crippen molar-refractivity contribution in [3.8, 4) is 0 Å². The highest BCUT2D eigenvalue weighted by atomic mass is 16.4. The zero-order valence-electron chi connectivity index (χ0n) is 13.2. The van der Waals surface area contributed by atoms with Crippen LogP contribution < -0.4 is 0 Å². The summed E-state index contributed by atoms with van der Waals surface area (Å²) in [5.74, 6) is -0.0918. The quantitative estimate of drug-likeness (QED) is 0.866.